The molecule has 0 rings (SSSR count). The van der Waals surface area contributed by atoms with Crippen LogP contribution in [0.1, 0.15) is 323 Å². The molecule has 3 atom stereocenters. The summed E-state index contributed by atoms with van der Waals surface area (Å²) < 4.78 is 5.95. The number of rotatable bonds is 55. The van der Waals surface area contributed by atoms with Crippen molar-refractivity contribution in [3.63, 3.8) is 0 Å². The monoisotopic (exact) mass is 956 g/mol. The van der Waals surface area contributed by atoms with Gasteiger partial charge in [-0.2, -0.15) is 0 Å². The van der Waals surface area contributed by atoms with Gasteiger partial charge in [-0.15, -0.1) is 0 Å². The van der Waals surface area contributed by atoms with Gasteiger partial charge in [0.15, 0.2) is 0 Å². The molecule has 0 aliphatic rings. The van der Waals surface area contributed by atoms with Gasteiger partial charge in [-0.1, -0.05) is 269 Å². The van der Waals surface area contributed by atoms with E-state index in [4.69, 9.17) is 4.74 Å². The third kappa shape index (κ3) is 50.5. The average molecular weight is 957 g/mol. The Labute approximate surface area is 424 Å². The van der Waals surface area contributed by atoms with Crippen LogP contribution in [0.5, 0.6) is 0 Å². The van der Waals surface area contributed by atoms with Crippen molar-refractivity contribution in [2.75, 3.05) is 6.61 Å². The fourth-order valence-corrected chi connectivity index (χ4v) is 9.36. The third-order valence-electron chi connectivity index (χ3n) is 14.0. The fraction of sp³-hybridized carbons (Fsp3) is 0.871. The second-order valence-electron chi connectivity index (χ2n) is 20.8. The van der Waals surface area contributed by atoms with Crippen LogP contribution >= 0.6 is 0 Å². The predicted octanol–water partition coefficient (Wildman–Crippen LogP) is 18.8. The second kappa shape index (κ2) is 56.0. The zero-order valence-corrected chi connectivity index (χ0v) is 45.8. The first kappa shape index (κ1) is 66.1. The Balaban J connectivity index is 4.57. The van der Waals surface area contributed by atoms with E-state index in [1.165, 1.54) is 199 Å². The number of ether oxygens (including phenoxy) is 1. The van der Waals surface area contributed by atoms with Gasteiger partial charge < -0.3 is 20.3 Å². The van der Waals surface area contributed by atoms with Crippen LogP contribution in [0.4, 0.5) is 0 Å². The Morgan fingerprint density at radius 2 is 0.750 bits per heavy atom. The van der Waals surface area contributed by atoms with Crippen LogP contribution in [0.2, 0.25) is 0 Å². The molecular formula is C62H117NO5. The largest absolute Gasteiger partial charge is 0.462 e. The molecule has 0 saturated carbocycles. The summed E-state index contributed by atoms with van der Waals surface area (Å²) in [6, 6.07) is -0.711. The summed E-state index contributed by atoms with van der Waals surface area (Å²) in [4.78, 5) is 26.3. The minimum atomic E-state index is -0.796. The fourth-order valence-electron chi connectivity index (χ4n) is 9.36. The molecule has 0 aromatic carbocycles. The normalized spacial score (nSPS) is 13.3. The molecule has 1 amide bonds. The van der Waals surface area contributed by atoms with Gasteiger partial charge in [0.25, 0.3) is 0 Å². The molecule has 6 heteroatoms. The lowest BCUT2D eigenvalue weighted by atomic mass is 10.0. The molecular weight excluding hydrogens is 839 g/mol. The summed E-state index contributed by atoms with van der Waals surface area (Å²) in [6.45, 7) is 6.51. The molecule has 0 aliphatic carbocycles. The molecule has 68 heavy (non-hydrogen) atoms. The number of carbonyl (C=O) groups is 2. The van der Waals surface area contributed by atoms with Crippen LogP contribution in [0.3, 0.4) is 0 Å². The first-order valence-electron chi connectivity index (χ1n) is 30.2. The van der Waals surface area contributed by atoms with Crippen molar-refractivity contribution >= 4 is 11.9 Å². The molecule has 0 saturated heterocycles. The van der Waals surface area contributed by atoms with E-state index in [-0.39, 0.29) is 24.9 Å². The summed E-state index contributed by atoms with van der Waals surface area (Å²) in [5.41, 5.74) is 0. The SMILES string of the molecule is CCCCCCCCC/C=C/C=C/CCCCCC(CC(=O)NC(CO)C(O)CCCCCCCCCCCCCCCCCCC)OC(=O)CCCCCCC/C=C/CCCCCCCCC. The maximum Gasteiger partial charge on any atom is 0.306 e. The Morgan fingerprint density at radius 3 is 1.15 bits per heavy atom. The molecule has 0 aromatic rings. The predicted molar refractivity (Wildman–Crippen MR) is 296 cm³/mol. The summed E-state index contributed by atoms with van der Waals surface area (Å²) in [5, 5.41) is 23.9. The third-order valence-corrected chi connectivity index (χ3v) is 14.0. The van der Waals surface area contributed by atoms with Crippen molar-refractivity contribution < 1.29 is 24.5 Å². The van der Waals surface area contributed by atoms with Gasteiger partial charge in [-0.3, -0.25) is 9.59 Å². The zero-order chi connectivity index (χ0) is 49.5. The first-order chi connectivity index (χ1) is 33.5. The van der Waals surface area contributed by atoms with Gasteiger partial charge in [-0.05, 0) is 77.0 Å². The Morgan fingerprint density at radius 1 is 0.426 bits per heavy atom. The van der Waals surface area contributed by atoms with Crippen molar-refractivity contribution in [3.05, 3.63) is 36.5 Å². The summed E-state index contributed by atoms with van der Waals surface area (Å²) in [5.74, 6) is -0.495. The topological polar surface area (TPSA) is 95.9 Å². The first-order valence-corrected chi connectivity index (χ1v) is 30.2. The van der Waals surface area contributed by atoms with Crippen molar-refractivity contribution in [2.24, 2.45) is 0 Å². The number of unbranched alkanes of at least 4 members (excludes halogenated alkanes) is 38. The number of carbonyl (C=O) groups excluding carboxylic acids is 2. The van der Waals surface area contributed by atoms with E-state index in [9.17, 15) is 19.8 Å². The van der Waals surface area contributed by atoms with Crippen molar-refractivity contribution in [1.82, 2.24) is 5.32 Å². The summed E-state index contributed by atoms with van der Waals surface area (Å²) in [6.07, 6.45) is 67.8. The second-order valence-corrected chi connectivity index (χ2v) is 20.8. The molecule has 0 heterocycles. The minimum absolute atomic E-state index is 0.0595. The van der Waals surface area contributed by atoms with E-state index in [0.29, 0.717) is 19.3 Å². The number of hydrogen-bond donors (Lipinski definition) is 3. The number of allylic oxidation sites excluding steroid dienone is 6. The number of aliphatic hydroxyl groups is 2. The zero-order valence-electron chi connectivity index (χ0n) is 45.8. The molecule has 0 bridgehead atoms. The number of hydrogen-bond acceptors (Lipinski definition) is 5. The van der Waals surface area contributed by atoms with E-state index in [2.05, 4.69) is 62.5 Å². The lowest BCUT2D eigenvalue weighted by Crippen LogP contribution is -2.46. The minimum Gasteiger partial charge on any atom is -0.462 e. The molecule has 0 fully saturated rings. The maximum absolute atomic E-state index is 13.3. The summed E-state index contributed by atoms with van der Waals surface area (Å²) >= 11 is 0. The maximum atomic E-state index is 13.3. The van der Waals surface area contributed by atoms with Crippen LogP contribution in [0.15, 0.2) is 36.5 Å². The Bertz CT molecular complexity index is 1120. The molecule has 3 N–H and O–H groups in total. The van der Waals surface area contributed by atoms with Gasteiger partial charge in [0.05, 0.1) is 25.2 Å². The van der Waals surface area contributed by atoms with Gasteiger partial charge in [0, 0.05) is 6.42 Å². The number of nitrogens with one attached hydrogen (secondary N) is 1. The van der Waals surface area contributed by atoms with Gasteiger partial charge in [0.2, 0.25) is 5.91 Å². The molecule has 3 unspecified atom stereocenters. The van der Waals surface area contributed by atoms with Gasteiger partial charge in [0.1, 0.15) is 6.10 Å². The van der Waals surface area contributed by atoms with Crippen LogP contribution in [0.25, 0.3) is 0 Å². The molecule has 0 spiro atoms. The molecule has 0 aromatic heterocycles. The molecule has 6 nitrogen and oxygen atoms in total. The highest BCUT2D eigenvalue weighted by atomic mass is 16.5. The van der Waals surface area contributed by atoms with E-state index in [0.717, 1.165) is 77.0 Å². The number of aliphatic hydroxyl groups excluding tert-OH is 2. The molecule has 0 aliphatic heterocycles. The Hall–Kier alpha value is -1.92. The molecule has 0 radical (unpaired) electrons. The average Bonchev–Trinajstić information content (AvgIpc) is 3.33. The highest BCUT2D eigenvalue weighted by molar-refractivity contribution is 5.77. The quantitative estimate of drug-likeness (QED) is 0.0244. The molecule has 400 valence electrons. The van der Waals surface area contributed by atoms with Crippen molar-refractivity contribution in [3.8, 4) is 0 Å². The van der Waals surface area contributed by atoms with E-state index in [1.807, 2.05) is 0 Å². The van der Waals surface area contributed by atoms with Crippen molar-refractivity contribution in [1.29, 1.82) is 0 Å². The van der Waals surface area contributed by atoms with Crippen LogP contribution in [0, 0.1) is 0 Å². The lowest BCUT2D eigenvalue weighted by molar-refractivity contribution is -0.151. The standard InChI is InChI=1S/C62H117NO5/c1-4-7-10-13-16-19-22-25-28-31-33-36-39-42-45-48-51-54-60(65)59(57-64)63-61(66)56-58(53-50-47-44-41-38-35-32-29-26-23-20-17-14-11-8-5-2)68-62(67)55-52-49-46-43-40-37-34-30-27-24-21-18-15-12-9-6-3/h29-30,32,34-35,38,58-60,64-65H,4-28,31,33,36-37,39-57H2,1-3H3,(H,63,66)/b32-29+,34-30+,38-35+. The number of esters is 1. The lowest BCUT2D eigenvalue weighted by Gasteiger charge is -2.24. The van der Waals surface area contributed by atoms with E-state index in [1.54, 1.807) is 0 Å². The van der Waals surface area contributed by atoms with E-state index >= 15 is 0 Å². The van der Waals surface area contributed by atoms with Gasteiger partial charge >= 0.3 is 5.97 Å². The van der Waals surface area contributed by atoms with Crippen LogP contribution in [-0.4, -0.2) is 46.9 Å². The Kier molecular flexibility index (Phi) is 54.4. The van der Waals surface area contributed by atoms with Crippen LogP contribution < -0.4 is 5.32 Å². The van der Waals surface area contributed by atoms with Gasteiger partial charge in [-0.25, -0.2) is 0 Å². The number of amides is 1. The van der Waals surface area contributed by atoms with Crippen LogP contribution in [-0.2, 0) is 14.3 Å². The highest BCUT2D eigenvalue weighted by Gasteiger charge is 2.24. The van der Waals surface area contributed by atoms with Crippen molar-refractivity contribution in [2.45, 2.75) is 341 Å². The highest BCUT2D eigenvalue weighted by Crippen LogP contribution is 2.18. The van der Waals surface area contributed by atoms with E-state index < -0.39 is 18.2 Å². The smallest absolute Gasteiger partial charge is 0.306 e. The summed E-state index contributed by atoms with van der Waals surface area (Å²) in [7, 11) is 0.